The van der Waals surface area contributed by atoms with E-state index in [0.29, 0.717) is 0 Å². The molecule has 0 unspecified atom stereocenters. The van der Waals surface area contributed by atoms with E-state index in [-0.39, 0.29) is 0 Å². The van der Waals surface area contributed by atoms with Crippen molar-refractivity contribution in [3.05, 3.63) is 117 Å². The Labute approximate surface area is 272 Å². The first-order valence-corrected chi connectivity index (χ1v) is 18.6. The van der Waals surface area contributed by atoms with Gasteiger partial charge in [0.2, 0.25) is 0 Å². The number of benzene rings is 4. The van der Waals surface area contributed by atoms with Gasteiger partial charge in [-0.3, -0.25) is 0 Å². The fourth-order valence-corrected chi connectivity index (χ4v) is 9.81. The third kappa shape index (κ3) is 6.07. The minimum atomic E-state index is 0.888. The van der Waals surface area contributed by atoms with Gasteiger partial charge < -0.3 is 0 Å². The molecule has 8 rings (SSSR count). The predicted octanol–water partition coefficient (Wildman–Crippen LogP) is 11.7. The molecule has 0 radical (unpaired) electrons. The van der Waals surface area contributed by atoms with Crippen LogP contribution in [0.15, 0.2) is 72.8 Å². The zero-order valence-electron chi connectivity index (χ0n) is 27.8. The molecule has 0 heteroatoms. The van der Waals surface area contributed by atoms with E-state index in [1.807, 2.05) is 0 Å². The molecule has 0 atom stereocenters. The topological polar surface area (TPSA) is 0 Å². The standard InChI is InChI=1S/C45H52/c1-3-30-13-17-42-38(24-30)28-40-26-36(15-19-44(40)42)22-34-9-5-32(6-10-34)21-33-7-11-35(12-8-33)23-37-16-20-45-41(27-37)29-39-25-31(4-2)14-18-43(39)45/h13-20,24-27,32-35H,3-12,21-23,28-29H2,1-2H3. The average molecular weight is 593 g/mol. The molecule has 0 bridgehead atoms. The van der Waals surface area contributed by atoms with Crippen LogP contribution in [0.25, 0.3) is 22.3 Å². The quantitative estimate of drug-likeness (QED) is 0.165. The third-order valence-corrected chi connectivity index (χ3v) is 12.5. The summed E-state index contributed by atoms with van der Waals surface area (Å²) in [5.74, 6) is 3.74. The number of hydrogen-bond donors (Lipinski definition) is 0. The monoisotopic (exact) mass is 592 g/mol. The lowest BCUT2D eigenvalue weighted by Crippen LogP contribution is -2.22. The number of fused-ring (bicyclic) bond motifs is 6. The molecule has 4 aromatic carbocycles. The first-order valence-electron chi connectivity index (χ1n) is 18.6. The number of hydrogen-bond acceptors (Lipinski definition) is 0. The maximum absolute atomic E-state index is 2.55. The van der Waals surface area contributed by atoms with Crippen molar-refractivity contribution in [2.75, 3.05) is 0 Å². The molecule has 2 saturated carbocycles. The Bertz CT molecular complexity index is 1550. The van der Waals surface area contributed by atoms with Gasteiger partial charge in [0, 0.05) is 0 Å². The van der Waals surface area contributed by atoms with Crippen LogP contribution < -0.4 is 0 Å². The first kappa shape index (κ1) is 29.3. The van der Waals surface area contributed by atoms with Crippen LogP contribution >= 0.6 is 0 Å². The van der Waals surface area contributed by atoms with E-state index in [9.17, 15) is 0 Å². The zero-order chi connectivity index (χ0) is 30.3. The highest BCUT2D eigenvalue weighted by atomic mass is 14.3. The SMILES string of the molecule is CCc1ccc2c(c1)Cc1cc(CC3CCC(CC4CCC(Cc5ccc6c(c5)Cc5cc(CC)ccc5-6)CC4)CC3)ccc1-2. The molecule has 0 spiro atoms. The summed E-state index contributed by atoms with van der Waals surface area (Å²) in [4.78, 5) is 0. The van der Waals surface area contributed by atoms with Crippen LogP contribution in [-0.4, -0.2) is 0 Å². The molecular weight excluding hydrogens is 540 g/mol. The van der Waals surface area contributed by atoms with Crippen LogP contribution in [0.2, 0.25) is 0 Å². The second-order valence-electron chi connectivity index (χ2n) is 15.4. The van der Waals surface area contributed by atoms with Crippen LogP contribution in [-0.2, 0) is 38.5 Å². The van der Waals surface area contributed by atoms with Crippen molar-refractivity contribution in [2.45, 2.75) is 110 Å². The van der Waals surface area contributed by atoms with Crippen molar-refractivity contribution < 1.29 is 0 Å². The van der Waals surface area contributed by atoms with E-state index < -0.39 is 0 Å². The molecule has 0 aromatic heterocycles. The number of rotatable bonds is 8. The Morgan fingerprint density at radius 2 is 0.711 bits per heavy atom. The van der Waals surface area contributed by atoms with E-state index in [4.69, 9.17) is 0 Å². The predicted molar refractivity (Wildman–Crippen MR) is 191 cm³/mol. The maximum atomic E-state index is 2.55. The second-order valence-corrected chi connectivity index (χ2v) is 15.4. The van der Waals surface area contributed by atoms with Gasteiger partial charge in [0.15, 0.2) is 0 Å². The molecule has 0 saturated heterocycles. The van der Waals surface area contributed by atoms with Crippen LogP contribution in [0.5, 0.6) is 0 Å². The summed E-state index contributed by atoms with van der Waals surface area (Å²) in [6.45, 7) is 4.52. The lowest BCUT2D eigenvalue weighted by atomic mass is 9.71. The summed E-state index contributed by atoms with van der Waals surface area (Å²) in [5, 5.41) is 0. The Morgan fingerprint density at radius 3 is 1.07 bits per heavy atom. The third-order valence-electron chi connectivity index (χ3n) is 12.5. The van der Waals surface area contributed by atoms with Crippen LogP contribution in [0.4, 0.5) is 0 Å². The first-order chi connectivity index (χ1) is 22.1. The van der Waals surface area contributed by atoms with Gasteiger partial charge in [-0.1, -0.05) is 112 Å². The molecule has 4 aliphatic carbocycles. The maximum Gasteiger partial charge on any atom is -0.00133 e. The minimum Gasteiger partial charge on any atom is -0.0613 e. The van der Waals surface area contributed by atoms with E-state index >= 15 is 0 Å². The highest BCUT2D eigenvalue weighted by Crippen LogP contribution is 2.42. The lowest BCUT2D eigenvalue weighted by Gasteiger charge is -2.34. The zero-order valence-corrected chi connectivity index (χ0v) is 27.8. The fraction of sp³-hybridized carbons (Fsp3) is 0.467. The summed E-state index contributed by atoms with van der Waals surface area (Å²) < 4.78 is 0. The van der Waals surface area contributed by atoms with Gasteiger partial charge in [-0.15, -0.1) is 0 Å². The van der Waals surface area contributed by atoms with E-state index in [0.717, 1.165) is 49.4 Å². The number of aryl methyl sites for hydroxylation is 2. The van der Waals surface area contributed by atoms with Gasteiger partial charge in [-0.2, -0.15) is 0 Å². The normalized spacial score (nSPS) is 23.3. The molecule has 2 fully saturated rings. The summed E-state index contributed by atoms with van der Waals surface area (Å²) >= 11 is 0. The molecule has 0 N–H and O–H groups in total. The molecule has 0 amide bonds. The molecule has 45 heavy (non-hydrogen) atoms. The smallest absolute Gasteiger partial charge is 0.00133 e. The molecule has 4 aliphatic rings. The van der Waals surface area contributed by atoms with Gasteiger partial charge in [0.25, 0.3) is 0 Å². The second kappa shape index (κ2) is 12.6. The van der Waals surface area contributed by atoms with Gasteiger partial charge in [0.05, 0.1) is 0 Å². The highest BCUT2D eigenvalue weighted by molar-refractivity contribution is 5.78. The largest absolute Gasteiger partial charge is 0.0613 e. The van der Waals surface area contributed by atoms with E-state index in [1.54, 1.807) is 22.3 Å². The summed E-state index contributed by atoms with van der Waals surface area (Å²) in [6.07, 6.45) is 20.3. The van der Waals surface area contributed by atoms with Crippen molar-refractivity contribution in [2.24, 2.45) is 23.7 Å². The molecular formula is C45H52. The lowest BCUT2D eigenvalue weighted by molar-refractivity contribution is 0.191. The average Bonchev–Trinajstić information content (AvgIpc) is 3.62. The summed E-state index contributed by atoms with van der Waals surface area (Å²) in [6, 6.07) is 29.1. The van der Waals surface area contributed by atoms with Gasteiger partial charge >= 0.3 is 0 Å². The Morgan fingerprint density at radius 1 is 0.400 bits per heavy atom. The van der Waals surface area contributed by atoms with E-state index in [1.165, 1.54) is 115 Å². The van der Waals surface area contributed by atoms with Crippen LogP contribution in [0, 0.1) is 23.7 Å². The van der Waals surface area contributed by atoms with Crippen molar-refractivity contribution in [1.82, 2.24) is 0 Å². The summed E-state index contributed by atoms with van der Waals surface area (Å²) in [7, 11) is 0. The highest BCUT2D eigenvalue weighted by Gasteiger charge is 2.28. The minimum absolute atomic E-state index is 0.888. The fourth-order valence-electron chi connectivity index (χ4n) is 9.81. The molecule has 232 valence electrons. The molecule has 0 nitrogen and oxygen atoms in total. The summed E-state index contributed by atoms with van der Waals surface area (Å²) in [5.41, 5.74) is 18.2. The van der Waals surface area contributed by atoms with Crippen molar-refractivity contribution in [3.8, 4) is 22.3 Å². The van der Waals surface area contributed by atoms with Crippen molar-refractivity contribution >= 4 is 0 Å². The Kier molecular flexibility index (Phi) is 8.19. The molecule has 4 aromatic rings. The Hall–Kier alpha value is -3.12. The van der Waals surface area contributed by atoms with Gasteiger partial charge in [-0.25, -0.2) is 0 Å². The van der Waals surface area contributed by atoms with Crippen LogP contribution in [0.1, 0.15) is 116 Å². The Balaban J connectivity index is 0.784. The van der Waals surface area contributed by atoms with Gasteiger partial charge in [0.1, 0.15) is 0 Å². The molecule has 0 aliphatic heterocycles. The van der Waals surface area contributed by atoms with Crippen LogP contribution in [0.3, 0.4) is 0 Å². The van der Waals surface area contributed by atoms with E-state index in [2.05, 4.69) is 86.6 Å². The van der Waals surface area contributed by atoms with Crippen molar-refractivity contribution in [1.29, 1.82) is 0 Å². The van der Waals surface area contributed by atoms with Gasteiger partial charge in [-0.05, 0) is 161 Å². The molecule has 0 heterocycles. The van der Waals surface area contributed by atoms with Crippen molar-refractivity contribution in [3.63, 3.8) is 0 Å².